The molecule has 1 amide bonds. The predicted molar refractivity (Wildman–Crippen MR) is 187 cm³/mol. The number of amidine groups is 2. The molecule has 10 heteroatoms. The second-order valence-corrected chi connectivity index (χ2v) is 10.1. The summed E-state index contributed by atoms with van der Waals surface area (Å²) in [5.74, 6) is 2.55. The molecule has 0 heterocycles. The van der Waals surface area contributed by atoms with E-state index in [9.17, 15) is 4.79 Å². The maximum absolute atomic E-state index is 12.1. The van der Waals surface area contributed by atoms with Gasteiger partial charge in [0.2, 0.25) is 11.9 Å². The molecular weight excluding hydrogens is 588 g/mol. The Kier molecular flexibility index (Phi) is 15.4. The minimum atomic E-state index is -0.338. The third-order valence-electron chi connectivity index (χ3n) is 6.81. The summed E-state index contributed by atoms with van der Waals surface area (Å²) in [7, 11) is 5.02. The first-order chi connectivity index (χ1) is 21.7. The summed E-state index contributed by atoms with van der Waals surface area (Å²) in [6, 6.07) is 0. The van der Waals surface area contributed by atoms with Crippen molar-refractivity contribution in [2.24, 2.45) is 15.0 Å². The number of nitrogens with zero attached hydrogens (tertiary/aromatic N) is 4. The summed E-state index contributed by atoms with van der Waals surface area (Å²) >= 11 is 7.10. The van der Waals surface area contributed by atoms with Gasteiger partial charge in [0.25, 0.3) is 0 Å². The molecule has 2 N–H and O–H groups in total. The number of hydrogen-bond acceptors (Lipinski definition) is 5. The molecule has 0 aromatic heterocycles. The fourth-order valence-electron chi connectivity index (χ4n) is 4.76. The van der Waals surface area contributed by atoms with Crippen molar-refractivity contribution >= 4 is 35.1 Å². The predicted octanol–water partition coefficient (Wildman–Crippen LogP) is 7.46. The van der Waals surface area contributed by atoms with Crippen LogP contribution in [-0.4, -0.2) is 49.7 Å². The number of nitrogens with one attached hydrogen (secondary N) is 2. The Balaban J connectivity index is 2.69. The number of aliphatic imine (C=N–C) groups is 3. The molecule has 240 valence electrons. The largest absolute Gasteiger partial charge is 0.501 e. The highest BCUT2D eigenvalue weighted by atomic mass is 35.5. The molecule has 0 unspecified atom stereocenters. The van der Waals surface area contributed by atoms with Gasteiger partial charge in [0.15, 0.2) is 0 Å². The summed E-state index contributed by atoms with van der Waals surface area (Å²) in [5.41, 5.74) is 3.77. The van der Waals surface area contributed by atoms with Crippen molar-refractivity contribution in [3.05, 3.63) is 119 Å². The van der Waals surface area contributed by atoms with Crippen molar-refractivity contribution in [2.75, 3.05) is 21.3 Å². The number of guanidine groups is 1. The average Bonchev–Trinajstić information content (AvgIpc) is 3.25. The Labute approximate surface area is 272 Å². The highest BCUT2D eigenvalue weighted by molar-refractivity contribution is 6.31. The molecule has 0 atom stereocenters. The number of rotatable bonds is 11. The van der Waals surface area contributed by atoms with E-state index in [0.29, 0.717) is 60.2 Å². The van der Waals surface area contributed by atoms with Gasteiger partial charge in [0, 0.05) is 48.5 Å². The fraction of sp³-hybridized carbons (Fsp3) is 0.314. The Hall–Kier alpha value is -4.63. The smallest absolute Gasteiger partial charge is 0.247 e. The van der Waals surface area contributed by atoms with Crippen LogP contribution < -0.4 is 10.6 Å². The van der Waals surface area contributed by atoms with Crippen LogP contribution in [0.4, 0.5) is 0 Å². The number of hydrogen-bond donors (Lipinski definition) is 2. The van der Waals surface area contributed by atoms with E-state index in [-0.39, 0.29) is 11.9 Å². The summed E-state index contributed by atoms with van der Waals surface area (Å²) in [6.45, 7) is 17.3. The standard InChI is InChI=1S/C35H45ClN6O3/c1-10-18-27(33-26(11-2)31(45-9)22-21-25(44-8)23-28(33)36)34(37-7)42(14-5)24(6)39-35(38-13-4)41-30-20-17-15-16-19-29(30)40-32(43)12-3/h12-14,16-21H,3-5,10-11,15,22-23H2,1-2,6-9H3,(H,38,41)(H,40,43)/b25-21+,27-18-,31-26+,33-28?,37-34-,39-24+. The summed E-state index contributed by atoms with van der Waals surface area (Å²) in [4.78, 5) is 27.7. The number of carbonyl (C=O) groups is 1. The summed E-state index contributed by atoms with van der Waals surface area (Å²) in [5, 5.41) is 6.65. The van der Waals surface area contributed by atoms with Gasteiger partial charge in [-0.1, -0.05) is 63.4 Å². The molecule has 45 heavy (non-hydrogen) atoms. The van der Waals surface area contributed by atoms with Gasteiger partial charge in [-0.05, 0) is 56.1 Å². The van der Waals surface area contributed by atoms with Gasteiger partial charge in [-0.15, -0.1) is 0 Å². The van der Waals surface area contributed by atoms with Crippen molar-refractivity contribution in [1.29, 1.82) is 0 Å². The molecule has 9 nitrogen and oxygen atoms in total. The molecule has 0 aromatic carbocycles. The van der Waals surface area contributed by atoms with E-state index in [1.54, 1.807) is 32.4 Å². The van der Waals surface area contributed by atoms with Crippen molar-refractivity contribution < 1.29 is 14.3 Å². The van der Waals surface area contributed by atoms with Crippen molar-refractivity contribution in [3.8, 4) is 0 Å². The van der Waals surface area contributed by atoms with Crippen LogP contribution in [0.5, 0.6) is 0 Å². The third kappa shape index (κ3) is 9.94. The Bertz CT molecular complexity index is 1470. The normalized spacial score (nSPS) is 19.6. The Morgan fingerprint density at radius 2 is 1.80 bits per heavy atom. The minimum absolute atomic E-state index is 0.236. The maximum atomic E-state index is 12.1. The number of halogens is 1. The van der Waals surface area contributed by atoms with Crippen LogP contribution in [0.25, 0.3) is 0 Å². The molecule has 2 aliphatic rings. The number of methoxy groups -OCH3 is 2. The molecule has 0 saturated heterocycles. The zero-order valence-corrected chi connectivity index (χ0v) is 28.0. The van der Waals surface area contributed by atoms with Gasteiger partial charge >= 0.3 is 0 Å². The molecule has 0 saturated carbocycles. The van der Waals surface area contributed by atoms with Crippen LogP contribution in [0, 0.1) is 0 Å². The monoisotopic (exact) mass is 632 g/mol. The van der Waals surface area contributed by atoms with Gasteiger partial charge < -0.3 is 20.1 Å². The molecule has 2 rings (SSSR count). The fourth-order valence-corrected chi connectivity index (χ4v) is 5.11. The Morgan fingerprint density at radius 1 is 1.11 bits per heavy atom. The van der Waals surface area contributed by atoms with Crippen molar-refractivity contribution in [1.82, 2.24) is 15.5 Å². The molecule has 0 radical (unpaired) electrons. The van der Waals surface area contributed by atoms with E-state index in [1.165, 1.54) is 12.3 Å². The minimum Gasteiger partial charge on any atom is -0.501 e. The highest BCUT2D eigenvalue weighted by Gasteiger charge is 2.27. The third-order valence-corrected chi connectivity index (χ3v) is 7.13. The highest BCUT2D eigenvalue weighted by Crippen LogP contribution is 2.37. The summed E-state index contributed by atoms with van der Waals surface area (Å²) in [6.07, 6.45) is 19.0. The van der Waals surface area contributed by atoms with Gasteiger partial charge in [-0.3, -0.25) is 14.7 Å². The van der Waals surface area contributed by atoms with Crippen LogP contribution in [0.1, 0.15) is 52.9 Å². The molecule has 0 aliphatic heterocycles. The lowest BCUT2D eigenvalue weighted by molar-refractivity contribution is -0.115. The molecule has 0 aromatic rings. The lowest BCUT2D eigenvalue weighted by Crippen LogP contribution is -2.35. The van der Waals surface area contributed by atoms with Gasteiger partial charge in [0.1, 0.15) is 17.4 Å². The molecule has 0 fully saturated rings. The van der Waals surface area contributed by atoms with Crippen molar-refractivity contribution in [3.63, 3.8) is 0 Å². The van der Waals surface area contributed by atoms with Gasteiger partial charge in [-0.2, -0.15) is 4.99 Å². The number of amides is 1. The second-order valence-electron chi connectivity index (χ2n) is 9.60. The number of ether oxygens (including phenoxy) is 2. The average molecular weight is 633 g/mol. The van der Waals surface area contributed by atoms with E-state index < -0.39 is 0 Å². The second kappa shape index (κ2) is 18.9. The van der Waals surface area contributed by atoms with Crippen LogP contribution in [-0.2, 0) is 14.3 Å². The van der Waals surface area contributed by atoms with Crippen LogP contribution >= 0.6 is 11.6 Å². The van der Waals surface area contributed by atoms with E-state index in [1.807, 2.05) is 37.3 Å². The SMILES string of the molecule is C=C/N=C(\N=C(/C)N(C=C)C(=N\C)/C(=C\CC)C1=C(Cl)C/C(OC)=C\C/C(OC)=C\1CC)NC1=C(NC(=O)C=C)C=CCC=C1. The lowest BCUT2D eigenvalue weighted by Gasteiger charge is -2.28. The Morgan fingerprint density at radius 3 is 2.33 bits per heavy atom. The van der Waals surface area contributed by atoms with Crippen LogP contribution in [0.3, 0.4) is 0 Å². The first-order valence-corrected chi connectivity index (χ1v) is 15.1. The zero-order chi connectivity index (χ0) is 33.4. The first-order valence-electron chi connectivity index (χ1n) is 14.7. The van der Waals surface area contributed by atoms with Crippen LogP contribution in [0.2, 0.25) is 0 Å². The zero-order valence-electron chi connectivity index (χ0n) is 27.2. The quantitative estimate of drug-likeness (QED) is 0.140. The van der Waals surface area contributed by atoms with E-state index >= 15 is 0 Å². The van der Waals surface area contributed by atoms with E-state index in [4.69, 9.17) is 31.1 Å². The van der Waals surface area contributed by atoms with E-state index in [2.05, 4.69) is 55.3 Å². The topological polar surface area (TPSA) is 99.9 Å². The molecule has 0 bridgehead atoms. The van der Waals surface area contributed by atoms with Crippen molar-refractivity contribution in [2.45, 2.75) is 52.9 Å². The number of carbonyl (C=O) groups excluding carboxylic acids is 1. The first kappa shape index (κ1) is 36.6. The van der Waals surface area contributed by atoms with E-state index in [0.717, 1.165) is 28.2 Å². The molecule has 0 spiro atoms. The molecular formula is C35H45ClN6O3. The summed E-state index contributed by atoms with van der Waals surface area (Å²) < 4.78 is 11.5. The maximum Gasteiger partial charge on any atom is 0.247 e. The van der Waals surface area contributed by atoms with Gasteiger partial charge in [0.05, 0.1) is 31.4 Å². The van der Waals surface area contributed by atoms with Gasteiger partial charge in [-0.25, -0.2) is 4.99 Å². The van der Waals surface area contributed by atoms with Crippen LogP contribution in [0.15, 0.2) is 134 Å². The number of allylic oxidation sites excluding steroid dienone is 8. The molecule has 2 aliphatic carbocycles. The lowest BCUT2D eigenvalue weighted by atomic mass is 9.89.